The highest BCUT2D eigenvalue weighted by Crippen LogP contribution is 2.17. The maximum atomic E-state index is 12.7. The van der Waals surface area contributed by atoms with Crippen LogP contribution in [0, 0.1) is 6.92 Å². The van der Waals surface area contributed by atoms with Crippen molar-refractivity contribution in [1.29, 1.82) is 0 Å². The molecule has 1 aliphatic heterocycles. The van der Waals surface area contributed by atoms with Gasteiger partial charge in [-0.3, -0.25) is 4.79 Å². The molecule has 1 aliphatic rings. The number of carbonyl (C=O) groups is 1. The van der Waals surface area contributed by atoms with Crippen molar-refractivity contribution >= 4 is 11.7 Å². The van der Waals surface area contributed by atoms with Gasteiger partial charge in [-0.1, -0.05) is 47.1 Å². The van der Waals surface area contributed by atoms with E-state index in [0.29, 0.717) is 18.2 Å². The van der Waals surface area contributed by atoms with Crippen LogP contribution in [-0.2, 0) is 9.53 Å². The Labute approximate surface area is 147 Å². The van der Waals surface area contributed by atoms with Crippen LogP contribution >= 0.6 is 0 Å². The van der Waals surface area contributed by atoms with Crippen LogP contribution in [0.4, 0.5) is 5.82 Å². The number of nitrogens with zero attached hydrogens (tertiary/aromatic N) is 1. The molecule has 6 heteroatoms. The molecule has 0 bridgehead atoms. The van der Waals surface area contributed by atoms with Gasteiger partial charge in [0.25, 0.3) is 0 Å². The summed E-state index contributed by atoms with van der Waals surface area (Å²) in [5.41, 5.74) is 2.29. The van der Waals surface area contributed by atoms with E-state index in [-0.39, 0.29) is 5.91 Å². The Hall–Kier alpha value is -2.44. The lowest BCUT2D eigenvalue weighted by molar-refractivity contribution is -0.118. The summed E-state index contributed by atoms with van der Waals surface area (Å²) in [6.45, 7) is 3.97. The van der Waals surface area contributed by atoms with E-state index >= 15 is 0 Å². The Morgan fingerprint density at radius 1 is 1.32 bits per heavy atom. The molecule has 25 heavy (non-hydrogen) atoms. The standard InChI is InChI=1S/C19H23N3O3/c1-14-13-17(22-25-14)21-19(23)18(16-5-3-2-4-6-16)20-10-7-15-8-11-24-12-9-15/h2-6,8,13,18,20H,7,9-12H2,1H3,(H,21,22,23). The van der Waals surface area contributed by atoms with Gasteiger partial charge >= 0.3 is 0 Å². The highest BCUT2D eigenvalue weighted by molar-refractivity contribution is 5.94. The summed E-state index contributed by atoms with van der Waals surface area (Å²) in [5, 5.41) is 9.99. The number of rotatable bonds is 7. The minimum absolute atomic E-state index is 0.152. The molecule has 0 aliphatic carbocycles. The van der Waals surface area contributed by atoms with Crippen molar-refractivity contribution in [2.24, 2.45) is 0 Å². The van der Waals surface area contributed by atoms with Crippen molar-refractivity contribution in [3.8, 4) is 0 Å². The molecule has 1 unspecified atom stereocenters. The second-order valence-corrected chi connectivity index (χ2v) is 6.05. The highest BCUT2D eigenvalue weighted by Gasteiger charge is 2.21. The predicted octanol–water partition coefficient (Wildman–Crippen LogP) is 2.99. The van der Waals surface area contributed by atoms with Gasteiger partial charge in [0.2, 0.25) is 5.91 Å². The number of ether oxygens (including phenoxy) is 1. The number of nitrogens with one attached hydrogen (secondary N) is 2. The largest absolute Gasteiger partial charge is 0.377 e. The molecule has 1 atom stereocenters. The summed E-state index contributed by atoms with van der Waals surface area (Å²) < 4.78 is 10.3. The van der Waals surface area contributed by atoms with Gasteiger partial charge < -0.3 is 19.9 Å². The van der Waals surface area contributed by atoms with Crippen LogP contribution in [0.1, 0.15) is 30.2 Å². The van der Waals surface area contributed by atoms with Gasteiger partial charge in [0.05, 0.1) is 13.2 Å². The van der Waals surface area contributed by atoms with Gasteiger partial charge in [0, 0.05) is 6.07 Å². The Balaban J connectivity index is 1.64. The molecule has 0 saturated heterocycles. The molecular formula is C19H23N3O3. The number of hydrogen-bond donors (Lipinski definition) is 2. The van der Waals surface area contributed by atoms with Crippen LogP contribution < -0.4 is 10.6 Å². The number of anilines is 1. The van der Waals surface area contributed by atoms with E-state index in [9.17, 15) is 4.79 Å². The molecule has 0 radical (unpaired) electrons. The van der Waals surface area contributed by atoms with Gasteiger partial charge in [-0.15, -0.1) is 0 Å². The van der Waals surface area contributed by atoms with Gasteiger partial charge in [0.15, 0.2) is 5.82 Å². The zero-order valence-corrected chi connectivity index (χ0v) is 14.3. The third-order valence-corrected chi connectivity index (χ3v) is 4.13. The summed E-state index contributed by atoms with van der Waals surface area (Å²) in [7, 11) is 0. The van der Waals surface area contributed by atoms with E-state index in [1.165, 1.54) is 5.57 Å². The fraction of sp³-hybridized carbons (Fsp3) is 0.368. The molecular weight excluding hydrogens is 318 g/mol. The average Bonchev–Trinajstić information content (AvgIpc) is 3.05. The number of aryl methyl sites for hydroxylation is 1. The second-order valence-electron chi connectivity index (χ2n) is 6.05. The zero-order chi connectivity index (χ0) is 17.5. The first-order valence-corrected chi connectivity index (χ1v) is 8.50. The molecule has 1 amide bonds. The number of aromatic nitrogens is 1. The van der Waals surface area contributed by atoms with Crippen LogP contribution in [0.15, 0.2) is 52.6 Å². The monoisotopic (exact) mass is 341 g/mol. The van der Waals surface area contributed by atoms with Crippen molar-refractivity contribution in [3.05, 3.63) is 59.4 Å². The molecule has 0 saturated carbocycles. The fourth-order valence-electron chi connectivity index (χ4n) is 2.80. The van der Waals surface area contributed by atoms with Crippen LogP contribution in [-0.4, -0.2) is 30.8 Å². The zero-order valence-electron chi connectivity index (χ0n) is 14.3. The average molecular weight is 341 g/mol. The van der Waals surface area contributed by atoms with Crippen molar-refractivity contribution in [2.45, 2.75) is 25.8 Å². The van der Waals surface area contributed by atoms with Gasteiger partial charge in [-0.05, 0) is 31.9 Å². The quantitative estimate of drug-likeness (QED) is 0.757. The van der Waals surface area contributed by atoms with Crippen LogP contribution in [0.25, 0.3) is 0 Å². The molecule has 2 aromatic rings. The van der Waals surface area contributed by atoms with Crippen molar-refractivity contribution in [2.75, 3.05) is 25.1 Å². The predicted molar refractivity (Wildman–Crippen MR) is 95.2 cm³/mol. The molecule has 1 aromatic carbocycles. The number of carbonyl (C=O) groups excluding carboxylic acids is 1. The summed E-state index contributed by atoms with van der Waals surface area (Å²) in [5.74, 6) is 0.934. The number of amides is 1. The minimum atomic E-state index is -0.446. The van der Waals surface area contributed by atoms with E-state index in [1.54, 1.807) is 13.0 Å². The van der Waals surface area contributed by atoms with Gasteiger partial charge in [-0.2, -0.15) is 0 Å². The summed E-state index contributed by atoms with van der Waals surface area (Å²) >= 11 is 0. The third-order valence-electron chi connectivity index (χ3n) is 4.13. The maximum Gasteiger partial charge on any atom is 0.247 e. The summed E-state index contributed by atoms with van der Waals surface area (Å²) in [6, 6.07) is 10.9. The second kappa shape index (κ2) is 8.60. The molecule has 2 N–H and O–H groups in total. The summed E-state index contributed by atoms with van der Waals surface area (Å²) in [6.07, 6.45) is 3.99. The first-order chi connectivity index (χ1) is 12.2. The fourth-order valence-corrected chi connectivity index (χ4v) is 2.80. The van der Waals surface area contributed by atoms with Crippen LogP contribution in [0.2, 0.25) is 0 Å². The molecule has 1 aromatic heterocycles. The maximum absolute atomic E-state index is 12.7. The van der Waals surface area contributed by atoms with E-state index in [0.717, 1.165) is 31.6 Å². The Morgan fingerprint density at radius 3 is 2.84 bits per heavy atom. The SMILES string of the molecule is Cc1cc(NC(=O)C(NCCC2=CCOCC2)c2ccccc2)no1. The van der Waals surface area contributed by atoms with E-state index in [1.807, 2.05) is 30.3 Å². The van der Waals surface area contributed by atoms with Crippen LogP contribution in [0.3, 0.4) is 0 Å². The molecule has 2 heterocycles. The summed E-state index contributed by atoms with van der Waals surface area (Å²) in [4.78, 5) is 12.7. The smallest absolute Gasteiger partial charge is 0.247 e. The molecule has 6 nitrogen and oxygen atoms in total. The lowest BCUT2D eigenvalue weighted by Gasteiger charge is -2.19. The Bertz CT molecular complexity index is 725. The molecule has 132 valence electrons. The van der Waals surface area contributed by atoms with E-state index in [4.69, 9.17) is 9.26 Å². The van der Waals surface area contributed by atoms with Crippen molar-refractivity contribution < 1.29 is 14.1 Å². The Morgan fingerprint density at radius 2 is 2.16 bits per heavy atom. The minimum Gasteiger partial charge on any atom is -0.377 e. The topological polar surface area (TPSA) is 76.4 Å². The van der Waals surface area contributed by atoms with Gasteiger partial charge in [0.1, 0.15) is 11.8 Å². The first kappa shape index (κ1) is 17.4. The highest BCUT2D eigenvalue weighted by atomic mass is 16.5. The van der Waals surface area contributed by atoms with E-state index in [2.05, 4.69) is 21.9 Å². The lowest BCUT2D eigenvalue weighted by Crippen LogP contribution is -2.34. The van der Waals surface area contributed by atoms with Crippen LogP contribution in [0.5, 0.6) is 0 Å². The number of hydrogen-bond acceptors (Lipinski definition) is 5. The van der Waals surface area contributed by atoms with E-state index < -0.39 is 6.04 Å². The first-order valence-electron chi connectivity index (χ1n) is 8.50. The molecule has 3 rings (SSSR count). The van der Waals surface area contributed by atoms with Gasteiger partial charge in [-0.25, -0.2) is 0 Å². The number of benzene rings is 1. The van der Waals surface area contributed by atoms with Crippen molar-refractivity contribution in [1.82, 2.24) is 10.5 Å². The third kappa shape index (κ3) is 5.01. The lowest BCUT2D eigenvalue weighted by atomic mass is 10.0. The molecule has 0 spiro atoms. The Kier molecular flexibility index (Phi) is 5.98. The normalized spacial score (nSPS) is 15.5. The molecule has 0 fully saturated rings. The van der Waals surface area contributed by atoms with Crippen molar-refractivity contribution in [3.63, 3.8) is 0 Å².